The Morgan fingerprint density at radius 3 is 2.23 bits per heavy atom. The van der Waals surface area contributed by atoms with Crippen LogP contribution in [0.4, 0.5) is 0 Å². The molecule has 1 unspecified atom stereocenters. The van der Waals surface area contributed by atoms with Gasteiger partial charge in [0.15, 0.2) is 0 Å². The number of carbonyl (C=O) groups is 1. The highest BCUT2D eigenvalue weighted by molar-refractivity contribution is 7.90. The minimum absolute atomic E-state index is 0.00740. The molecule has 11 heteroatoms. The Bertz CT molecular complexity index is 1580. The third-order valence-corrected chi connectivity index (χ3v) is 7.75. The van der Waals surface area contributed by atoms with Gasteiger partial charge in [-0.1, -0.05) is 87.0 Å². The van der Waals surface area contributed by atoms with Gasteiger partial charge in [-0.05, 0) is 46.4 Å². The van der Waals surface area contributed by atoms with E-state index in [1.165, 1.54) is 24.1 Å². The van der Waals surface area contributed by atoms with Crippen molar-refractivity contribution in [2.75, 3.05) is 6.54 Å². The van der Waals surface area contributed by atoms with Gasteiger partial charge in [-0.2, -0.15) is 18.5 Å². The van der Waals surface area contributed by atoms with E-state index in [2.05, 4.69) is 14.7 Å². The number of aliphatic imine (C=N–C) groups is 1. The maximum absolute atomic E-state index is 13.4. The lowest BCUT2D eigenvalue weighted by molar-refractivity contribution is -0.117. The minimum atomic E-state index is -4.22. The summed E-state index contributed by atoms with van der Waals surface area (Å²) in [6.45, 7) is 7.62. The molecular formula is C29H31ClN6O3S. The highest BCUT2D eigenvalue weighted by Crippen LogP contribution is 2.30. The second-order valence-electron chi connectivity index (χ2n) is 10.4. The van der Waals surface area contributed by atoms with E-state index >= 15 is 0 Å². The first kappa shape index (κ1) is 29.0. The van der Waals surface area contributed by atoms with Gasteiger partial charge >= 0.3 is 0 Å². The van der Waals surface area contributed by atoms with Crippen molar-refractivity contribution in [1.29, 1.82) is 0 Å². The van der Waals surface area contributed by atoms with Gasteiger partial charge in [0, 0.05) is 17.9 Å². The second kappa shape index (κ2) is 11.6. The molecule has 1 atom stereocenters. The molecule has 4 rings (SSSR count). The van der Waals surface area contributed by atoms with Gasteiger partial charge in [0.1, 0.15) is 0 Å². The predicted molar refractivity (Wildman–Crippen MR) is 159 cm³/mol. The molecule has 0 aromatic heterocycles. The fourth-order valence-corrected chi connectivity index (χ4v) is 5.24. The van der Waals surface area contributed by atoms with Crippen molar-refractivity contribution in [2.45, 2.75) is 43.9 Å². The maximum Gasteiger partial charge on any atom is 0.285 e. The van der Waals surface area contributed by atoms with Gasteiger partial charge in [-0.15, -0.1) is 4.40 Å². The molecule has 3 N–H and O–H groups in total. The fourth-order valence-electron chi connectivity index (χ4n) is 4.18. The zero-order valence-corrected chi connectivity index (χ0v) is 24.2. The summed E-state index contributed by atoms with van der Waals surface area (Å²) in [6, 6.07) is 23.5. The summed E-state index contributed by atoms with van der Waals surface area (Å²) in [6.07, 6.45) is 0. The number of rotatable bonds is 4. The fraction of sp³-hybridized carbons (Fsp3) is 0.241. The third kappa shape index (κ3) is 6.94. The molecule has 0 saturated carbocycles. The van der Waals surface area contributed by atoms with E-state index in [9.17, 15) is 13.2 Å². The molecule has 0 bridgehead atoms. The van der Waals surface area contributed by atoms with E-state index < -0.39 is 15.9 Å². The van der Waals surface area contributed by atoms with Crippen LogP contribution in [0.1, 0.15) is 50.3 Å². The molecule has 1 aliphatic heterocycles. The SMILES string of the molecule is CC(=O)N/C(N)=N/C(=N/S(=O)(=O)c1ccc(C(C)(C)C)cc1)N1CC(c2ccccc2)C(c2ccc(Cl)cc2)=N1. The van der Waals surface area contributed by atoms with E-state index in [4.69, 9.17) is 22.4 Å². The van der Waals surface area contributed by atoms with Crippen LogP contribution in [0, 0.1) is 0 Å². The number of hydrazone groups is 1. The molecule has 9 nitrogen and oxygen atoms in total. The Morgan fingerprint density at radius 1 is 1.02 bits per heavy atom. The molecule has 1 amide bonds. The summed E-state index contributed by atoms with van der Waals surface area (Å²) in [5.41, 5.74) is 9.21. The number of nitrogens with zero attached hydrogens (tertiary/aromatic N) is 4. The number of carbonyl (C=O) groups excluding carboxylic acids is 1. The van der Waals surface area contributed by atoms with E-state index in [-0.39, 0.29) is 34.7 Å². The van der Waals surface area contributed by atoms with Crippen LogP contribution in [-0.4, -0.2) is 43.5 Å². The molecule has 40 heavy (non-hydrogen) atoms. The monoisotopic (exact) mass is 578 g/mol. The molecule has 1 heterocycles. The van der Waals surface area contributed by atoms with Crippen LogP contribution in [-0.2, 0) is 20.2 Å². The summed E-state index contributed by atoms with van der Waals surface area (Å²) >= 11 is 6.11. The smallest absolute Gasteiger partial charge is 0.285 e. The Balaban J connectivity index is 1.81. The van der Waals surface area contributed by atoms with Crippen LogP contribution < -0.4 is 11.1 Å². The van der Waals surface area contributed by atoms with Crippen molar-refractivity contribution in [2.24, 2.45) is 20.2 Å². The Morgan fingerprint density at radius 2 is 1.65 bits per heavy atom. The summed E-state index contributed by atoms with van der Waals surface area (Å²) in [5.74, 6) is -1.29. The van der Waals surface area contributed by atoms with Crippen LogP contribution in [0.5, 0.6) is 0 Å². The maximum atomic E-state index is 13.4. The molecule has 0 saturated heterocycles. The second-order valence-corrected chi connectivity index (χ2v) is 12.4. The van der Waals surface area contributed by atoms with Gasteiger partial charge in [0.2, 0.25) is 11.9 Å². The van der Waals surface area contributed by atoms with E-state index in [0.717, 1.165) is 16.7 Å². The zero-order valence-electron chi connectivity index (χ0n) is 22.7. The highest BCUT2D eigenvalue weighted by atomic mass is 35.5. The Labute approximate surface area is 239 Å². The average molecular weight is 579 g/mol. The number of halogens is 1. The average Bonchev–Trinajstić information content (AvgIpc) is 3.34. The van der Waals surface area contributed by atoms with Crippen LogP contribution >= 0.6 is 11.6 Å². The quantitative estimate of drug-likeness (QED) is 0.344. The highest BCUT2D eigenvalue weighted by Gasteiger charge is 2.33. The molecule has 0 radical (unpaired) electrons. The Kier molecular flexibility index (Phi) is 8.41. The first-order valence-electron chi connectivity index (χ1n) is 12.6. The van der Waals surface area contributed by atoms with Crippen LogP contribution in [0.3, 0.4) is 0 Å². The lowest BCUT2D eigenvalue weighted by Gasteiger charge is -2.19. The summed E-state index contributed by atoms with van der Waals surface area (Å²) in [7, 11) is -4.22. The predicted octanol–water partition coefficient (Wildman–Crippen LogP) is 4.64. The minimum Gasteiger partial charge on any atom is -0.369 e. The van der Waals surface area contributed by atoms with Crippen molar-refractivity contribution in [3.63, 3.8) is 0 Å². The summed E-state index contributed by atoms with van der Waals surface area (Å²) < 4.78 is 30.9. The van der Waals surface area contributed by atoms with Crippen molar-refractivity contribution in [3.8, 4) is 0 Å². The van der Waals surface area contributed by atoms with Crippen LogP contribution in [0.2, 0.25) is 5.02 Å². The van der Waals surface area contributed by atoms with Gasteiger partial charge in [-0.25, -0.2) is 5.01 Å². The lowest BCUT2D eigenvalue weighted by atomic mass is 9.87. The number of nitrogens with two attached hydrogens (primary N) is 1. The topological polar surface area (TPSA) is 130 Å². The molecule has 0 aliphatic carbocycles. The van der Waals surface area contributed by atoms with E-state index in [0.29, 0.717) is 10.7 Å². The van der Waals surface area contributed by atoms with Crippen molar-refractivity contribution < 1.29 is 13.2 Å². The van der Waals surface area contributed by atoms with Crippen molar-refractivity contribution >= 4 is 45.2 Å². The number of hydrogen-bond acceptors (Lipinski definition) is 4. The molecule has 0 fully saturated rings. The molecule has 208 valence electrons. The largest absolute Gasteiger partial charge is 0.369 e. The number of sulfonamides is 1. The van der Waals surface area contributed by atoms with Gasteiger partial charge in [0.05, 0.1) is 17.2 Å². The number of hydrogen-bond donors (Lipinski definition) is 2. The first-order chi connectivity index (χ1) is 18.8. The third-order valence-electron chi connectivity index (χ3n) is 6.23. The van der Waals surface area contributed by atoms with Crippen molar-refractivity contribution in [3.05, 3.63) is 101 Å². The normalized spacial score (nSPS) is 16.6. The number of benzene rings is 3. The van der Waals surface area contributed by atoms with E-state index in [1.807, 2.05) is 63.2 Å². The van der Waals surface area contributed by atoms with Crippen molar-refractivity contribution in [1.82, 2.24) is 10.3 Å². The molecule has 0 spiro atoms. The van der Waals surface area contributed by atoms with Crippen LogP contribution in [0.25, 0.3) is 0 Å². The van der Waals surface area contributed by atoms with Gasteiger partial charge < -0.3 is 5.73 Å². The summed E-state index contributed by atoms with van der Waals surface area (Å²) in [4.78, 5) is 15.8. The first-order valence-corrected chi connectivity index (χ1v) is 14.4. The molecule has 3 aromatic rings. The molecule has 1 aliphatic rings. The number of guanidine groups is 2. The molecular weight excluding hydrogens is 548 g/mol. The van der Waals surface area contributed by atoms with Crippen LogP contribution in [0.15, 0.2) is 98.2 Å². The van der Waals surface area contributed by atoms with E-state index in [1.54, 1.807) is 24.3 Å². The van der Waals surface area contributed by atoms with Gasteiger partial charge in [0.25, 0.3) is 16.0 Å². The molecule has 3 aromatic carbocycles. The van der Waals surface area contributed by atoms with Gasteiger partial charge in [-0.3, -0.25) is 10.1 Å². The summed E-state index contributed by atoms with van der Waals surface area (Å²) in [5, 5.41) is 9.06. The Hall–Kier alpha value is -4.02. The zero-order chi connectivity index (χ0) is 29.1. The standard InChI is InChI=1S/C29H31ClN6O3S/c1-19(37)32-27(31)33-28(35-40(38,39)24-16-12-22(13-17-24)29(2,3)4)36-18-25(20-8-6-5-7-9-20)26(34-36)21-10-14-23(30)15-11-21/h5-17,25H,18H2,1-4H3,(H3,31,32,33,35,37). The number of nitrogens with one attached hydrogen (secondary N) is 1. The lowest BCUT2D eigenvalue weighted by Crippen LogP contribution is -2.37. The number of amides is 1.